The van der Waals surface area contributed by atoms with Gasteiger partial charge < -0.3 is 15.5 Å². The molecule has 1 heterocycles. The molecule has 3 N–H and O–H groups in total. The molecule has 0 fully saturated rings. The molecule has 5 nitrogen and oxygen atoms in total. The third-order valence-electron chi connectivity index (χ3n) is 1.85. The number of carbonyl (C=O) groups is 1. The minimum Gasteiger partial charge on any atom is -0.476 e. The molecule has 1 aromatic heterocycles. The fourth-order valence-corrected chi connectivity index (χ4v) is 1.65. The Hall–Kier alpha value is -0.980. The number of nitrogens with zero attached hydrogens (tertiary/aromatic N) is 1. The molecule has 15 heavy (non-hydrogen) atoms. The van der Waals surface area contributed by atoms with Gasteiger partial charge in [0.15, 0.2) is 0 Å². The number of nitrogens with one attached hydrogen (secondary N) is 1. The first-order chi connectivity index (χ1) is 7.13. The van der Waals surface area contributed by atoms with Gasteiger partial charge >= 0.3 is 5.97 Å². The summed E-state index contributed by atoms with van der Waals surface area (Å²) in [6, 6.07) is 0. The van der Waals surface area contributed by atoms with Crippen molar-refractivity contribution in [3.8, 4) is 0 Å². The molecule has 0 spiro atoms. The van der Waals surface area contributed by atoms with Crippen molar-refractivity contribution in [3.63, 3.8) is 0 Å². The quantitative estimate of drug-likeness (QED) is 0.665. The number of rotatable bonds is 6. The molecule has 1 aromatic rings. The van der Waals surface area contributed by atoms with Crippen molar-refractivity contribution in [3.05, 3.63) is 16.1 Å². The summed E-state index contributed by atoms with van der Waals surface area (Å²) in [6.07, 6.45) is 0. The number of aromatic carboxylic acids is 1. The molecular formula is C9H14N2O3S. The summed E-state index contributed by atoms with van der Waals surface area (Å²) in [5, 5.41) is 22.4. The second-order valence-electron chi connectivity index (χ2n) is 3.37. The van der Waals surface area contributed by atoms with Crippen LogP contribution in [0.2, 0.25) is 0 Å². The summed E-state index contributed by atoms with van der Waals surface area (Å²) in [5.41, 5.74) is 0.725. The molecular weight excluding hydrogens is 216 g/mol. The van der Waals surface area contributed by atoms with Gasteiger partial charge in [-0.15, -0.1) is 11.3 Å². The number of carboxylic acids is 1. The zero-order chi connectivity index (χ0) is 11.3. The van der Waals surface area contributed by atoms with E-state index in [-0.39, 0.29) is 17.5 Å². The highest BCUT2D eigenvalue weighted by Gasteiger charge is 2.08. The second-order valence-corrected chi connectivity index (χ2v) is 4.23. The number of aliphatic hydroxyl groups is 1. The molecule has 0 bridgehead atoms. The van der Waals surface area contributed by atoms with Gasteiger partial charge in [-0.3, -0.25) is 0 Å². The van der Waals surface area contributed by atoms with E-state index in [4.69, 9.17) is 10.2 Å². The number of aromatic nitrogens is 1. The van der Waals surface area contributed by atoms with E-state index < -0.39 is 5.97 Å². The standard InChI is InChI=1S/C9H14N2O3S/c1-6(4-12)2-10-3-7-5-15-8(11-7)9(13)14/h5-6,10,12H,2-4H2,1H3,(H,13,14). The van der Waals surface area contributed by atoms with Crippen LogP contribution in [0.4, 0.5) is 0 Å². The van der Waals surface area contributed by atoms with E-state index in [1.54, 1.807) is 5.38 Å². The largest absolute Gasteiger partial charge is 0.476 e. The highest BCUT2D eigenvalue weighted by Crippen LogP contribution is 2.09. The van der Waals surface area contributed by atoms with Gasteiger partial charge in [0.05, 0.1) is 5.69 Å². The Kier molecular flexibility index (Phi) is 4.67. The summed E-state index contributed by atoms with van der Waals surface area (Å²) < 4.78 is 0. The Morgan fingerprint density at radius 1 is 1.73 bits per heavy atom. The van der Waals surface area contributed by atoms with Gasteiger partial charge in [-0.2, -0.15) is 0 Å². The summed E-state index contributed by atoms with van der Waals surface area (Å²) in [5.74, 6) is -0.794. The Labute approximate surface area is 91.8 Å². The van der Waals surface area contributed by atoms with Crippen LogP contribution in [0.1, 0.15) is 22.4 Å². The van der Waals surface area contributed by atoms with E-state index in [1.165, 1.54) is 0 Å². The summed E-state index contributed by atoms with van der Waals surface area (Å²) in [7, 11) is 0. The number of hydrogen-bond donors (Lipinski definition) is 3. The van der Waals surface area contributed by atoms with Crippen LogP contribution in [-0.4, -0.2) is 34.3 Å². The van der Waals surface area contributed by atoms with Gasteiger partial charge in [0.1, 0.15) is 0 Å². The monoisotopic (exact) mass is 230 g/mol. The third kappa shape index (κ3) is 3.94. The molecule has 84 valence electrons. The molecule has 0 amide bonds. The predicted octanol–water partition coefficient (Wildman–Crippen LogP) is 0.559. The lowest BCUT2D eigenvalue weighted by atomic mass is 10.2. The van der Waals surface area contributed by atoms with Crippen molar-refractivity contribution in [1.29, 1.82) is 0 Å². The van der Waals surface area contributed by atoms with Crippen LogP contribution < -0.4 is 5.32 Å². The average molecular weight is 230 g/mol. The first-order valence-corrected chi connectivity index (χ1v) is 5.50. The second kappa shape index (κ2) is 5.79. The highest BCUT2D eigenvalue weighted by atomic mass is 32.1. The van der Waals surface area contributed by atoms with Crippen LogP contribution in [0.15, 0.2) is 5.38 Å². The fraction of sp³-hybridized carbons (Fsp3) is 0.556. The molecule has 1 atom stereocenters. The van der Waals surface area contributed by atoms with Crippen LogP contribution in [0.25, 0.3) is 0 Å². The zero-order valence-electron chi connectivity index (χ0n) is 8.43. The number of carboxylic acid groups (broad SMARTS) is 1. The lowest BCUT2D eigenvalue weighted by molar-refractivity contribution is 0.0696. The van der Waals surface area contributed by atoms with Crippen LogP contribution >= 0.6 is 11.3 Å². The number of hydrogen-bond acceptors (Lipinski definition) is 5. The van der Waals surface area contributed by atoms with E-state index in [0.717, 1.165) is 17.0 Å². The van der Waals surface area contributed by atoms with E-state index >= 15 is 0 Å². The minimum absolute atomic E-state index is 0.113. The smallest absolute Gasteiger partial charge is 0.365 e. The van der Waals surface area contributed by atoms with E-state index in [2.05, 4.69) is 10.3 Å². The first-order valence-electron chi connectivity index (χ1n) is 4.62. The van der Waals surface area contributed by atoms with Crippen LogP contribution in [0.5, 0.6) is 0 Å². The van der Waals surface area contributed by atoms with Crippen molar-refractivity contribution in [2.75, 3.05) is 13.2 Å². The fourth-order valence-electron chi connectivity index (χ4n) is 0.998. The maximum Gasteiger partial charge on any atom is 0.365 e. The summed E-state index contributed by atoms with van der Waals surface area (Å²) in [6.45, 7) is 3.30. The summed E-state index contributed by atoms with van der Waals surface area (Å²) >= 11 is 1.12. The molecule has 0 saturated carbocycles. The van der Waals surface area contributed by atoms with Gasteiger partial charge in [0.2, 0.25) is 5.01 Å². The van der Waals surface area contributed by atoms with Crippen molar-refractivity contribution >= 4 is 17.3 Å². The Morgan fingerprint density at radius 2 is 2.47 bits per heavy atom. The SMILES string of the molecule is CC(CO)CNCc1csc(C(=O)O)n1. The topological polar surface area (TPSA) is 82.5 Å². The van der Waals surface area contributed by atoms with Gasteiger partial charge in [-0.05, 0) is 5.92 Å². The maximum atomic E-state index is 10.5. The molecule has 0 aliphatic rings. The van der Waals surface area contributed by atoms with E-state index in [0.29, 0.717) is 13.1 Å². The van der Waals surface area contributed by atoms with Crippen molar-refractivity contribution in [2.24, 2.45) is 5.92 Å². The molecule has 0 radical (unpaired) electrons. The van der Waals surface area contributed by atoms with Crippen molar-refractivity contribution in [1.82, 2.24) is 10.3 Å². The van der Waals surface area contributed by atoms with E-state index in [9.17, 15) is 4.79 Å². The summed E-state index contributed by atoms with van der Waals surface area (Å²) in [4.78, 5) is 14.5. The number of aliphatic hydroxyl groups excluding tert-OH is 1. The zero-order valence-corrected chi connectivity index (χ0v) is 9.25. The van der Waals surface area contributed by atoms with Crippen molar-refractivity contribution < 1.29 is 15.0 Å². The average Bonchev–Trinajstić information content (AvgIpc) is 2.66. The molecule has 0 aromatic carbocycles. The lowest BCUT2D eigenvalue weighted by Gasteiger charge is -2.07. The predicted molar refractivity (Wildman–Crippen MR) is 57.0 cm³/mol. The third-order valence-corrected chi connectivity index (χ3v) is 2.72. The molecule has 6 heteroatoms. The highest BCUT2D eigenvalue weighted by molar-refractivity contribution is 7.11. The Balaban J connectivity index is 2.35. The maximum absolute atomic E-state index is 10.5. The Bertz CT molecular complexity index is 327. The minimum atomic E-state index is -0.991. The number of thiazole rings is 1. The molecule has 0 saturated heterocycles. The molecule has 1 rings (SSSR count). The van der Waals surface area contributed by atoms with Crippen molar-refractivity contribution in [2.45, 2.75) is 13.5 Å². The molecule has 0 aliphatic heterocycles. The normalized spacial score (nSPS) is 12.7. The van der Waals surface area contributed by atoms with Gasteiger partial charge in [0.25, 0.3) is 0 Å². The molecule has 0 aliphatic carbocycles. The van der Waals surface area contributed by atoms with Gasteiger partial charge in [0, 0.05) is 25.1 Å². The van der Waals surface area contributed by atoms with Crippen LogP contribution in [0, 0.1) is 5.92 Å². The Morgan fingerprint density at radius 3 is 3.00 bits per heavy atom. The van der Waals surface area contributed by atoms with Crippen LogP contribution in [0.3, 0.4) is 0 Å². The van der Waals surface area contributed by atoms with Gasteiger partial charge in [-0.1, -0.05) is 6.92 Å². The first kappa shape index (κ1) is 12.1. The van der Waals surface area contributed by atoms with Crippen LogP contribution in [-0.2, 0) is 6.54 Å². The van der Waals surface area contributed by atoms with E-state index in [1.807, 2.05) is 6.92 Å². The van der Waals surface area contributed by atoms with Gasteiger partial charge in [-0.25, -0.2) is 9.78 Å². The lowest BCUT2D eigenvalue weighted by Crippen LogP contribution is -2.22. The molecule has 1 unspecified atom stereocenters.